The van der Waals surface area contributed by atoms with Crippen molar-refractivity contribution in [1.29, 1.82) is 0 Å². The van der Waals surface area contributed by atoms with Crippen molar-refractivity contribution in [1.82, 2.24) is 5.32 Å². The number of urea groups is 1. The average Bonchev–Trinajstić information content (AvgIpc) is 2.38. The minimum absolute atomic E-state index is 0.0261. The molecule has 0 bridgehead atoms. The summed E-state index contributed by atoms with van der Waals surface area (Å²) in [5, 5.41) is 23.0. The Balaban J connectivity index is 2.53. The van der Waals surface area contributed by atoms with E-state index >= 15 is 0 Å². The molecule has 5 nitrogen and oxygen atoms in total. The van der Waals surface area contributed by atoms with Crippen molar-refractivity contribution in [2.75, 3.05) is 18.5 Å². The van der Waals surface area contributed by atoms with Crippen LogP contribution in [0.3, 0.4) is 0 Å². The van der Waals surface area contributed by atoms with E-state index in [4.69, 9.17) is 10.2 Å². The quantitative estimate of drug-likeness (QED) is 0.612. The van der Waals surface area contributed by atoms with Crippen LogP contribution in [0.4, 0.5) is 10.5 Å². The van der Waals surface area contributed by atoms with Crippen LogP contribution >= 0.6 is 0 Å². The van der Waals surface area contributed by atoms with E-state index in [2.05, 4.69) is 17.6 Å². The van der Waals surface area contributed by atoms with Crippen LogP contribution in [0.15, 0.2) is 24.3 Å². The van der Waals surface area contributed by atoms with Crippen LogP contribution in [-0.4, -0.2) is 35.5 Å². The summed E-state index contributed by atoms with van der Waals surface area (Å²) in [7, 11) is 0. The fourth-order valence-electron chi connectivity index (χ4n) is 1.57. The number of carbonyl (C=O) groups excluding carboxylic acids is 1. The van der Waals surface area contributed by atoms with E-state index in [9.17, 15) is 4.79 Å². The van der Waals surface area contributed by atoms with Gasteiger partial charge < -0.3 is 20.8 Å². The van der Waals surface area contributed by atoms with E-state index in [0.717, 1.165) is 24.1 Å². The molecule has 0 spiro atoms. The smallest absolute Gasteiger partial charge is 0.319 e. The fourth-order valence-corrected chi connectivity index (χ4v) is 1.57. The number of para-hydroxylation sites is 1. The van der Waals surface area contributed by atoms with Crippen molar-refractivity contribution in [3.8, 4) is 0 Å². The van der Waals surface area contributed by atoms with Crippen molar-refractivity contribution in [3.05, 3.63) is 29.8 Å². The van der Waals surface area contributed by atoms with Gasteiger partial charge in [0.15, 0.2) is 0 Å². The molecule has 5 heteroatoms. The van der Waals surface area contributed by atoms with Crippen LogP contribution in [0, 0.1) is 0 Å². The molecule has 0 aliphatic rings. The maximum Gasteiger partial charge on any atom is 0.319 e. The van der Waals surface area contributed by atoms with Crippen LogP contribution in [0.25, 0.3) is 0 Å². The molecule has 0 aliphatic carbocycles. The summed E-state index contributed by atoms with van der Waals surface area (Å²) in [6, 6.07) is 7.22. The van der Waals surface area contributed by atoms with Gasteiger partial charge in [0.25, 0.3) is 0 Å². The number of aryl methyl sites for hydroxylation is 1. The third-order valence-electron chi connectivity index (χ3n) is 2.49. The van der Waals surface area contributed by atoms with Crippen LogP contribution in [-0.2, 0) is 6.42 Å². The number of amides is 2. The molecule has 1 unspecified atom stereocenters. The Bertz CT molecular complexity index is 382. The molecule has 0 radical (unpaired) electrons. The minimum Gasteiger partial charge on any atom is -0.394 e. The summed E-state index contributed by atoms with van der Waals surface area (Å²) < 4.78 is 0. The van der Waals surface area contributed by atoms with Crippen LogP contribution in [0.2, 0.25) is 0 Å². The molecule has 0 saturated carbocycles. The van der Waals surface area contributed by atoms with Gasteiger partial charge in [-0.3, -0.25) is 0 Å². The molecule has 1 aromatic carbocycles. The van der Waals surface area contributed by atoms with E-state index in [1.54, 1.807) is 0 Å². The van der Waals surface area contributed by atoms with Gasteiger partial charge in [-0.15, -0.1) is 0 Å². The van der Waals surface area contributed by atoms with Gasteiger partial charge >= 0.3 is 6.03 Å². The Hall–Kier alpha value is -1.59. The lowest BCUT2D eigenvalue weighted by Gasteiger charge is -2.12. The monoisotopic (exact) mass is 252 g/mol. The predicted octanol–water partition coefficient (Wildman–Crippen LogP) is 1.11. The van der Waals surface area contributed by atoms with Crippen LogP contribution < -0.4 is 10.6 Å². The minimum atomic E-state index is -0.929. The van der Waals surface area contributed by atoms with Gasteiger partial charge in [-0.05, 0) is 18.1 Å². The summed E-state index contributed by atoms with van der Waals surface area (Å²) >= 11 is 0. The SMILES string of the molecule is CCCc1ccccc1NC(=O)NCC(O)CO. The maximum atomic E-state index is 11.6. The number of rotatable bonds is 6. The topological polar surface area (TPSA) is 81.6 Å². The van der Waals surface area contributed by atoms with Crippen molar-refractivity contribution in [2.45, 2.75) is 25.9 Å². The molecule has 0 heterocycles. The molecule has 1 atom stereocenters. The second kappa shape index (κ2) is 7.68. The highest BCUT2D eigenvalue weighted by atomic mass is 16.3. The van der Waals surface area contributed by atoms with Crippen LogP contribution in [0.5, 0.6) is 0 Å². The van der Waals surface area contributed by atoms with Gasteiger partial charge in [-0.2, -0.15) is 0 Å². The van der Waals surface area contributed by atoms with Gasteiger partial charge in [0, 0.05) is 12.2 Å². The van der Waals surface area contributed by atoms with Gasteiger partial charge in [0.05, 0.1) is 12.7 Å². The Morgan fingerprint density at radius 3 is 2.78 bits per heavy atom. The number of hydrogen-bond acceptors (Lipinski definition) is 3. The highest BCUT2D eigenvalue weighted by molar-refractivity contribution is 5.90. The molecule has 2 amide bonds. The molecule has 0 aliphatic heterocycles. The molecule has 0 fully saturated rings. The van der Waals surface area contributed by atoms with Crippen LogP contribution in [0.1, 0.15) is 18.9 Å². The second-order valence-corrected chi connectivity index (χ2v) is 4.08. The first-order valence-corrected chi connectivity index (χ1v) is 6.09. The Labute approximate surface area is 107 Å². The number of nitrogens with one attached hydrogen (secondary N) is 2. The highest BCUT2D eigenvalue weighted by Gasteiger charge is 2.07. The lowest BCUT2D eigenvalue weighted by Crippen LogP contribution is -2.36. The number of aliphatic hydroxyl groups excluding tert-OH is 2. The van der Waals surface area contributed by atoms with Crippen molar-refractivity contribution in [2.24, 2.45) is 0 Å². The zero-order valence-corrected chi connectivity index (χ0v) is 10.5. The van der Waals surface area contributed by atoms with Crippen molar-refractivity contribution in [3.63, 3.8) is 0 Å². The maximum absolute atomic E-state index is 11.6. The van der Waals surface area contributed by atoms with E-state index in [-0.39, 0.29) is 19.2 Å². The Morgan fingerprint density at radius 2 is 2.11 bits per heavy atom. The van der Waals surface area contributed by atoms with Crippen molar-refractivity contribution >= 4 is 11.7 Å². The Morgan fingerprint density at radius 1 is 1.39 bits per heavy atom. The number of hydrogen-bond donors (Lipinski definition) is 4. The summed E-state index contributed by atoms with van der Waals surface area (Å²) in [6.07, 6.45) is 0.973. The first-order valence-electron chi connectivity index (χ1n) is 6.09. The molecule has 4 N–H and O–H groups in total. The number of carbonyl (C=O) groups is 1. The molecular formula is C13H20N2O3. The molecule has 1 aromatic rings. The van der Waals surface area contributed by atoms with Gasteiger partial charge in [-0.1, -0.05) is 31.5 Å². The summed E-state index contributed by atoms with van der Waals surface area (Å²) in [5.74, 6) is 0. The largest absolute Gasteiger partial charge is 0.394 e. The number of anilines is 1. The average molecular weight is 252 g/mol. The third kappa shape index (κ3) is 4.73. The molecule has 1 rings (SSSR count). The van der Waals surface area contributed by atoms with Gasteiger partial charge in [0.1, 0.15) is 0 Å². The summed E-state index contributed by atoms with van der Waals surface area (Å²) in [4.78, 5) is 11.6. The molecule has 100 valence electrons. The summed E-state index contributed by atoms with van der Waals surface area (Å²) in [6.45, 7) is 1.74. The highest BCUT2D eigenvalue weighted by Crippen LogP contribution is 2.16. The van der Waals surface area contributed by atoms with E-state index < -0.39 is 6.10 Å². The Kier molecular flexibility index (Phi) is 6.18. The second-order valence-electron chi connectivity index (χ2n) is 4.08. The first-order chi connectivity index (χ1) is 8.67. The normalized spacial score (nSPS) is 11.9. The third-order valence-corrected chi connectivity index (χ3v) is 2.49. The molecule has 0 saturated heterocycles. The number of aliphatic hydroxyl groups is 2. The molecule has 18 heavy (non-hydrogen) atoms. The molecular weight excluding hydrogens is 232 g/mol. The first kappa shape index (κ1) is 14.5. The lowest BCUT2D eigenvalue weighted by molar-refractivity contribution is 0.0965. The zero-order chi connectivity index (χ0) is 13.4. The zero-order valence-electron chi connectivity index (χ0n) is 10.5. The number of benzene rings is 1. The van der Waals surface area contributed by atoms with Crippen molar-refractivity contribution < 1.29 is 15.0 Å². The van der Waals surface area contributed by atoms with Gasteiger partial charge in [-0.25, -0.2) is 4.79 Å². The molecule has 0 aromatic heterocycles. The van der Waals surface area contributed by atoms with E-state index in [1.807, 2.05) is 24.3 Å². The lowest BCUT2D eigenvalue weighted by atomic mass is 10.1. The van der Waals surface area contributed by atoms with Gasteiger partial charge in [0.2, 0.25) is 0 Å². The predicted molar refractivity (Wildman–Crippen MR) is 70.6 cm³/mol. The fraction of sp³-hybridized carbons (Fsp3) is 0.462. The van der Waals surface area contributed by atoms with E-state index in [1.165, 1.54) is 0 Å². The van der Waals surface area contributed by atoms with E-state index in [0.29, 0.717) is 0 Å². The standard InChI is InChI=1S/C13H20N2O3/c1-2-5-10-6-3-4-7-12(10)15-13(18)14-8-11(17)9-16/h3-4,6-7,11,16-17H,2,5,8-9H2,1H3,(H2,14,15,18). The summed E-state index contributed by atoms with van der Waals surface area (Å²) in [5.41, 5.74) is 1.85.